The van der Waals surface area contributed by atoms with Gasteiger partial charge in [-0.25, -0.2) is 15.6 Å². The van der Waals surface area contributed by atoms with Gasteiger partial charge in [0.1, 0.15) is 5.75 Å². The Balaban J connectivity index is 2.65. The van der Waals surface area contributed by atoms with Crippen LogP contribution in [0.5, 0.6) is 5.75 Å². The van der Waals surface area contributed by atoms with Crippen molar-refractivity contribution in [1.29, 1.82) is 0 Å². The van der Waals surface area contributed by atoms with Gasteiger partial charge in [0.2, 0.25) is 0 Å². The quantitative estimate of drug-likeness (QED) is 0.392. The summed E-state index contributed by atoms with van der Waals surface area (Å²) < 4.78 is 10.3. The summed E-state index contributed by atoms with van der Waals surface area (Å²) in [5, 5.41) is 1.04. The van der Waals surface area contributed by atoms with Gasteiger partial charge in [-0.2, -0.15) is 0 Å². The van der Waals surface area contributed by atoms with E-state index in [1.807, 2.05) is 13.0 Å². The van der Waals surface area contributed by atoms with Crippen molar-refractivity contribution in [2.45, 2.75) is 32.6 Å². The molecule has 0 heterocycles. The summed E-state index contributed by atoms with van der Waals surface area (Å²) in [6, 6.07) is 6.25. The molecule has 0 radical (unpaired) electrons. The van der Waals surface area contributed by atoms with Crippen LogP contribution in [0.1, 0.15) is 5.56 Å². The molecule has 20 heavy (non-hydrogen) atoms. The van der Waals surface area contributed by atoms with Gasteiger partial charge in [0.25, 0.3) is 0 Å². The standard InChI is InChI=1S/C14H24N2O3Si/c1-11-10-12(18-2)6-7-13(11)16(15)14(17)19-8-9-20(3,4)5/h6-7,10H,8-9,15H2,1-5H3. The molecule has 1 rings (SSSR count). The minimum absolute atomic E-state index is 0.414. The minimum atomic E-state index is -1.21. The van der Waals surface area contributed by atoms with Gasteiger partial charge in [-0.15, -0.1) is 0 Å². The Bertz CT molecular complexity index is 472. The predicted octanol–water partition coefficient (Wildman–Crippen LogP) is 3.16. The number of nitrogens with zero attached hydrogens (tertiary/aromatic N) is 1. The summed E-state index contributed by atoms with van der Waals surface area (Å²) in [6.45, 7) is 8.97. The molecule has 1 amide bonds. The van der Waals surface area contributed by atoms with Crippen LogP contribution in [0, 0.1) is 6.92 Å². The van der Waals surface area contributed by atoms with Crippen LogP contribution in [0.3, 0.4) is 0 Å². The van der Waals surface area contributed by atoms with E-state index in [0.29, 0.717) is 12.3 Å². The molecule has 1 aromatic carbocycles. The lowest BCUT2D eigenvalue weighted by Crippen LogP contribution is -2.39. The van der Waals surface area contributed by atoms with E-state index in [0.717, 1.165) is 22.4 Å². The van der Waals surface area contributed by atoms with Crippen molar-refractivity contribution in [3.8, 4) is 5.75 Å². The van der Waals surface area contributed by atoms with E-state index in [9.17, 15) is 4.79 Å². The Labute approximate surface area is 121 Å². The smallest absolute Gasteiger partial charge is 0.428 e. The third kappa shape index (κ3) is 4.86. The Morgan fingerprint density at radius 3 is 2.50 bits per heavy atom. The number of anilines is 1. The van der Waals surface area contributed by atoms with Gasteiger partial charge in [0, 0.05) is 8.07 Å². The molecule has 0 aliphatic rings. The first-order chi connectivity index (χ1) is 9.24. The lowest BCUT2D eigenvalue weighted by atomic mass is 10.2. The molecule has 0 fully saturated rings. The Morgan fingerprint density at radius 2 is 2.00 bits per heavy atom. The molecule has 0 saturated heterocycles. The van der Waals surface area contributed by atoms with E-state index in [2.05, 4.69) is 19.6 Å². The molecular formula is C14H24N2O3Si. The molecule has 0 saturated carbocycles. The number of hydrogen-bond acceptors (Lipinski definition) is 4. The van der Waals surface area contributed by atoms with Gasteiger partial charge in [-0.3, -0.25) is 0 Å². The molecular weight excluding hydrogens is 272 g/mol. The van der Waals surface area contributed by atoms with Crippen LogP contribution in [0.4, 0.5) is 10.5 Å². The number of hydrogen-bond donors (Lipinski definition) is 1. The lowest BCUT2D eigenvalue weighted by Gasteiger charge is -2.20. The number of rotatable bonds is 5. The van der Waals surface area contributed by atoms with E-state index in [1.54, 1.807) is 19.2 Å². The van der Waals surface area contributed by atoms with Gasteiger partial charge in [-0.1, -0.05) is 19.6 Å². The number of aryl methyl sites for hydroxylation is 1. The molecule has 0 atom stereocenters. The van der Waals surface area contributed by atoms with E-state index in [4.69, 9.17) is 15.3 Å². The predicted molar refractivity (Wildman–Crippen MR) is 83.9 cm³/mol. The molecule has 0 aromatic heterocycles. The fourth-order valence-corrected chi connectivity index (χ4v) is 2.35. The fourth-order valence-electron chi connectivity index (χ4n) is 1.64. The van der Waals surface area contributed by atoms with Gasteiger partial charge in [0.15, 0.2) is 0 Å². The first-order valence-corrected chi connectivity index (χ1v) is 10.3. The fraction of sp³-hybridized carbons (Fsp3) is 0.500. The third-order valence-electron chi connectivity index (χ3n) is 2.94. The highest BCUT2D eigenvalue weighted by Crippen LogP contribution is 2.23. The number of carbonyl (C=O) groups excluding carboxylic acids is 1. The summed E-state index contributed by atoms with van der Waals surface area (Å²) in [5.41, 5.74) is 1.47. The van der Waals surface area contributed by atoms with Crippen molar-refractivity contribution in [3.63, 3.8) is 0 Å². The summed E-state index contributed by atoms with van der Waals surface area (Å²) in [5.74, 6) is 6.54. The van der Waals surface area contributed by atoms with Crippen LogP contribution >= 0.6 is 0 Å². The van der Waals surface area contributed by atoms with E-state index in [1.165, 1.54) is 0 Å². The van der Waals surface area contributed by atoms with Crippen LogP contribution in [0.25, 0.3) is 0 Å². The zero-order chi connectivity index (χ0) is 15.3. The van der Waals surface area contributed by atoms with E-state index in [-0.39, 0.29) is 0 Å². The minimum Gasteiger partial charge on any atom is -0.497 e. The summed E-state index contributed by atoms with van der Waals surface area (Å²) in [6.07, 6.45) is -0.531. The van der Waals surface area contributed by atoms with Gasteiger partial charge in [0.05, 0.1) is 19.4 Å². The zero-order valence-corrected chi connectivity index (χ0v) is 13.9. The molecule has 1 aromatic rings. The first kappa shape index (κ1) is 16.5. The van der Waals surface area contributed by atoms with Crippen molar-refractivity contribution in [3.05, 3.63) is 23.8 Å². The molecule has 5 nitrogen and oxygen atoms in total. The third-order valence-corrected chi connectivity index (χ3v) is 4.64. The van der Waals surface area contributed by atoms with Crippen molar-refractivity contribution >= 4 is 19.9 Å². The lowest BCUT2D eigenvalue weighted by molar-refractivity contribution is 0.159. The summed E-state index contributed by atoms with van der Waals surface area (Å²) in [7, 11) is 0.382. The summed E-state index contributed by atoms with van der Waals surface area (Å²) in [4.78, 5) is 11.9. The SMILES string of the molecule is COc1ccc(N(N)C(=O)OCC[Si](C)(C)C)c(C)c1. The molecule has 6 heteroatoms. The van der Waals surface area contributed by atoms with Gasteiger partial charge >= 0.3 is 6.09 Å². The molecule has 0 aliphatic carbocycles. The van der Waals surface area contributed by atoms with Crippen LogP contribution in [-0.4, -0.2) is 27.9 Å². The monoisotopic (exact) mass is 296 g/mol. The zero-order valence-electron chi connectivity index (χ0n) is 12.9. The average Bonchev–Trinajstić information content (AvgIpc) is 2.36. The average molecular weight is 296 g/mol. The van der Waals surface area contributed by atoms with E-state index < -0.39 is 14.2 Å². The maximum absolute atomic E-state index is 11.9. The number of carbonyl (C=O) groups is 1. The largest absolute Gasteiger partial charge is 0.497 e. The molecule has 0 bridgehead atoms. The Morgan fingerprint density at radius 1 is 1.35 bits per heavy atom. The number of ether oxygens (including phenoxy) is 2. The molecule has 0 spiro atoms. The van der Waals surface area contributed by atoms with Crippen LogP contribution in [-0.2, 0) is 4.74 Å². The maximum Gasteiger partial charge on any atom is 0.428 e. The Kier molecular flexibility index (Phi) is 5.59. The second kappa shape index (κ2) is 6.76. The van der Waals surface area contributed by atoms with Crippen LogP contribution in [0.2, 0.25) is 25.7 Å². The van der Waals surface area contributed by atoms with Crippen molar-refractivity contribution in [2.75, 3.05) is 18.7 Å². The number of methoxy groups -OCH3 is 1. The maximum atomic E-state index is 11.9. The highest BCUT2D eigenvalue weighted by atomic mass is 28.3. The van der Waals surface area contributed by atoms with Crippen molar-refractivity contribution in [1.82, 2.24) is 0 Å². The highest BCUT2D eigenvalue weighted by molar-refractivity contribution is 6.76. The van der Waals surface area contributed by atoms with Crippen molar-refractivity contribution < 1.29 is 14.3 Å². The van der Waals surface area contributed by atoms with Crippen LogP contribution in [0.15, 0.2) is 18.2 Å². The molecule has 112 valence electrons. The molecule has 0 aliphatic heterocycles. The van der Waals surface area contributed by atoms with Crippen molar-refractivity contribution in [2.24, 2.45) is 5.84 Å². The molecule has 2 N–H and O–H groups in total. The van der Waals surface area contributed by atoms with E-state index >= 15 is 0 Å². The number of amides is 1. The number of benzene rings is 1. The normalized spacial score (nSPS) is 11.1. The first-order valence-electron chi connectivity index (χ1n) is 6.61. The number of nitrogens with two attached hydrogens (primary N) is 1. The second-order valence-corrected chi connectivity index (χ2v) is 11.6. The highest BCUT2D eigenvalue weighted by Gasteiger charge is 2.18. The van der Waals surface area contributed by atoms with Gasteiger partial charge in [-0.05, 0) is 36.7 Å². The van der Waals surface area contributed by atoms with Crippen LogP contribution < -0.4 is 15.6 Å². The second-order valence-electron chi connectivity index (χ2n) is 5.95. The molecule has 0 unspecified atom stereocenters. The number of hydrazine groups is 1. The summed E-state index contributed by atoms with van der Waals surface area (Å²) >= 11 is 0. The topological polar surface area (TPSA) is 64.8 Å². The van der Waals surface area contributed by atoms with Gasteiger partial charge < -0.3 is 9.47 Å². The Hall–Kier alpha value is -1.53.